The maximum Gasteiger partial charge on any atom is 0.239 e. The number of benzene rings is 1. The van der Waals surface area contributed by atoms with Crippen LogP contribution >= 0.6 is 11.6 Å². The quantitative estimate of drug-likeness (QED) is 0.672. The largest absolute Gasteiger partial charge is 0.464 e. The average Bonchev–Trinajstić information content (AvgIpc) is 3.11. The second-order valence-electron chi connectivity index (χ2n) is 5.81. The topological polar surface area (TPSA) is 110 Å². The van der Waals surface area contributed by atoms with Gasteiger partial charge in [0.25, 0.3) is 0 Å². The van der Waals surface area contributed by atoms with E-state index < -0.39 is 0 Å². The predicted molar refractivity (Wildman–Crippen MR) is 91.8 cm³/mol. The van der Waals surface area contributed by atoms with Crippen molar-refractivity contribution in [3.05, 3.63) is 39.9 Å². The highest BCUT2D eigenvalue weighted by Crippen LogP contribution is 2.32. The molecule has 8 heteroatoms. The van der Waals surface area contributed by atoms with Crippen molar-refractivity contribution in [3.63, 3.8) is 0 Å². The highest BCUT2D eigenvalue weighted by atomic mass is 35.5. The minimum atomic E-state index is -0.326. The molecule has 0 bridgehead atoms. The van der Waals surface area contributed by atoms with Crippen molar-refractivity contribution < 1.29 is 9.21 Å². The van der Waals surface area contributed by atoms with Gasteiger partial charge in [-0.1, -0.05) is 11.6 Å². The van der Waals surface area contributed by atoms with Gasteiger partial charge in [0, 0.05) is 16.0 Å². The maximum absolute atomic E-state index is 12.3. The Balaban J connectivity index is 1.80. The summed E-state index contributed by atoms with van der Waals surface area (Å²) in [6.07, 6.45) is 1.78. The predicted octanol–water partition coefficient (Wildman–Crippen LogP) is 2.82. The first-order valence-corrected chi connectivity index (χ1v) is 7.87. The Kier molecular flexibility index (Phi) is 4.19. The van der Waals surface area contributed by atoms with Crippen LogP contribution in [-0.4, -0.2) is 21.1 Å². The summed E-state index contributed by atoms with van der Waals surface area (Å²) in [6.45, 7) is 5.65. The molecule has 0 unspecified atom stereocenters. The second-order valence-corrected chi connectivity index (χ2v) is 6.19. The monoisotopic (exact) mass is 347 g/mol. The Morgan fingerprint density at radius 2 is 2.25 bits per heavy atom. The van der Waals surface area contributed by atoms with Crippen molar-refractivity contribution in [2.45, 2.75) is 33.2 Å². The lowest BCUT2D eigenvalue weighted by Crippen LogP contribution is -2.28. The van der Waals surface area contributed by atoms with Crippen LogP contribution in [0.4, 0.5) is 5.95 Å². The van der Waals surface area contributed by atoms with Gasteiger partial charge in [0.05, 0.1) is 18.7 Å². The van der Waals surface area contributed by atoms with Crippen LogP contribution in [0.3, 0.4) is 0 Å². The Morgan fingerprint density at radius 1 is 1.50 bits per heavy atom. The molecule has 0 saturated carbocycles. The highest BCUT2D eigenvalue weighted by molar-refractivity contribution is 6.33. The molecule has 126 valence electrons. The fourth-order valence-electron chi connectivity index (χ4n) is 2.75. The summed E-state index contributed by atoms with van der Waals surface area (Å²) in [5.74, 6) is 0.497. The van der Waals surface area contributed by atoms with Crippen molar-refractivity contribution in [2.75, 3.05) is 5.73 Å². The fraction of sp³-hybridized carbons (Fsp3) is 0.312. The van der Waals surface area contributed by atoms with E-state index in [1.807, 2.05) is 19.9 Å². The lowest BCUT2D eigenvalue weighted by molar-refractivity contribution is -0.121. The normalized spacial score (nSPS) is 12.5. The summed E-state index contributed by atoms with van der Waals surface area (Å²) in [4.78, 5) is 16.3. The van der Waals surface area contributed by atoms with E-state index in [2.05, 4.69) is 20.5 Å². The number of hydrogen-bond donors (Lipinski definition) is 3. The molecule has 2 aromatic heterocycles. The molecule has 7 nitrogen and oxygen atoms in total. The molecular weight excluding hydrogens is 330 g/mol. The number of furan rings is 1. The molecular formula is C16H18ClN5O2. The first-order chi connectivity index (χ1) is 11.4. The molecule has 0 spiro atoms. The van der Waals surface area contributed by atoms with Gasteiger partial charge in [0.2, 0.25) is 11.9 Å². The van der Waals surface area contributed by atoms with Crippen molar-refractivity contribution in [2.24, 2.45) is 0 Å². The minimum Gasteiger partial charge on any atom is -0.464 e. The van der Waals surface area contributed by atoms with Gasteiger partial charge in [-0.05, 0) is 38.0 Å². The molecule has 0 aliphatic carbocycles. The Hall–Kier alpha value is -2.54. The van der Waals surface area contributed by atoms with Gasteiger partial charge in [-0.15, -0.1) is 5.10 Å². The van der Waals surface area contributed by atoms with E-state index in [0.717, 1.165) is 27.7 Å². The molecule has 2 heterocycles. The summed E-state index contributed by atoms with van der Waals surface area (Å²) < 4.78 is 5.58. The summed E-state index contributed by atoms with van der Waals surface area (Å²) >= 11 is 6.32. The van der Waals surface area contributed by atoms with Crippen molar-refractivity contribution in [3.8, 4) is 0 Å². The number of fused-ring (bicyclic) bond motifs is 1. The number of carbonyl (C=O) groups is 1. The van der Waals surface area contributed by atoms with Gasteiger partial charge in [-0.2, -0.15) is 4.98 Å². The summed E-state index contributed by atoms with van der Waals surface area (Å²) in [5, 5.41) is 10.9. The number of nitrogens with two attached hydrogens (primary N) is 1. The van der Waals surface area contributed by atoms with Crippen molar-refractivity contribution in [1.82, 2.24) is 20.5 Å². The number of halogens is 1. The zero-order valence-electron chi connectivity index (χ0n) is 13.6. The minimum absolute atomic E-state index is 0.146. The van der Waals surface area contributed by atoms with E-state index in [1.165, 1.54) is 0 Å². The number of H-pyrrole nitrogens is 1. The molecule has 24 heavy (non-hydrogen) atoms. The molecule has 0 aliphatic heterocycles. The van der Waals surface area contributed by atoms with E-state index in [4.69, 9.17) is 21.8 Å². The number of aryl methyl sites for hydroxylation is 2. The van der Waals surface area contributed by atoms with Gasteiger partial charge in [0.1, 0.15) is 11.4 Å². The molecule has 3 aromatic rings. The van der Waals surface area contributed by atoms with E-state index in [9.17, 15) is 4.79 Å². The molecule has 1 aromatic carbocycles. The first-order valence-electron chi connectivity index (χ1n) is 7.49. The average molecular weight is 348 g/mol. The van der Waals surface area contributed by atoms with Gasteiger partial charge in [-0.25, -0.2) is 0 Å². The van der Waals surface area contributed by atoms with E-state index >= 15 is 0 Å². The molecule has 3 rings (SSSR count). The van der Waals surface area contributed by atoms with Crippen molar-refractivity contribution in [1.29, 1.82) is 0 Å². The third kappa shape index (κ3) is 2.94. The third-order valence-electron chi connectivity index (χ3n) is 3.95. The van der Waals surface area contributed by atoms with Gasteiger partial charge >= 0.3 is 0 Å². The number of amides is 1. The van der Waals surface area contributed by atoms with Crippen LogP contribution in [0.5, 0.6) is 0 Å². The second kappa shape index (κ2) is 6.16. The van der Waals surface area contributed by atoms with Crippen LogP contribution in [-0.2, 0) is 11.2 Å². The molecule has 0 fully saturated rings. The number of rotatable bonds is 4. The van der Waals surface area contributed by atoms with Crippen LogP contribution in [0.2, 0.25) is 5.02 Å². The zero-order chi connectivity index (χ0) is 17.4. The fourth-order valence-corrected chi connectivity index (χ4v) is 2.90. The number of nitrogen functional groups attached to an aromatic ring is 1. The molecule has 0 aliphatic rings. The number of nitrogens with zero attached hydrogens (tertiary/aromatic N) is 2. The lowest BCUT2D eigenvalue weighted by Gasteiger charge is -2.11. The number of nitrogens with one attached hydrogen (secondary N) is 2. The van der Waals surface area contributed by atoms with Gasteiger partial charge in [-0.3, -0.25) is 9.89 Å². The first kappa shape index (κ1) is 16.3. The third-order valence-corrected chi connectivity index (χ3v) is 4.53. The molecule has 0 radical (unpaired) electrons. The van der Waals surface area contributed by atoms with Gasteiger partial charge in [0.15, 0.2) is 0 Å². The summed E-state index contributed by atoms with van der Waals surface area (Å²) in [6, 6.07) is 1.55. The number of aromatic nitrogens is 3. The molecule has 1 amide bonds. The van der Waals surface area contributed by atoms with E-state index in [-0.39, 0.29) is 24.3 Å². The Morgan fingerprint density at radius 3 is 2.92 bits per heavy atom. The van der Waals surface area contributed by atoms with Crippen LogP contribution in [0, 0.1) is 13.8 Å². The highest BCUT2D eigenvalue weighted by Gasteiger charge is 2.18. The van der Waals surface area contributed by atoms with Crippen LogP contribution in [0.25, 0.3) is 11.0 Å². The molecule has 0 saturated heterocycles. The van der Waals surface area contributed by atoms with E-state index in [1.54, 1.807) is 13.2 Å². The maximum atomic E-state index is 12.3. The number of carbonyl (C=O) groups excluding carboxylic acids is 1. The zero-order valence-corrected chi connectivity index (χ0v) is 14.4. The number of aromatic amines is 1. The number of hydrogen-bond acceptors (Lipinski definition) is 5. The standard InChI is InChI=1S/C16H18ClN5O2/c1-7-4-11-13(8(2)14(7)17)10(6-24-11)5-12(23)19-9(3)15-20-16(18)22-21-15/h4,6,9H,5H2,1-3H3,(H,19,23)(H3,18,20,21,22)/t9-/m1/s1. The number of anilines is 1. The molecule has 1 atom stereocenters. The Bertz CT molecular complexity index is 915. The SMILES string of the molecule is Cc1cc2occ(CC(=O)N[C@H](C)c3nc(N)n[nH]3)c2c(C)c1Cl. The van der Waals surface area contributed by atoms with Crippen LogP contribution < -0.4 is 11.1 Å². The van der Waals surface area contributed by atoms with Gasteiger partial charge < -0.3 is 15.5 Å². The van der Waals surface area contributed by atoms with Crippen LogP contribution in [0.1, 0.15) is 35.5 Å². The lowest BCUT2D eigenvalue weighted by atomic mass is 10.0. The smallest absolute Gasteiger partial charge is 0.239 e. The summed E-state index contributed by atoms with van der Waals surface area (Å²) in [7, 11) is 0. The van der Waals surface area contributed by atoms with E-state index in [0.29, 0.717) is 10.8 Å². The summed E-state index contributed by atoms with van der Waals surface area (Å²) in [5.41, 5.74) is 8.86. The van der Waals surface area contributed by atoms with Crippen molar-refractivity contribution >= 4 is 34.4 Å². The van der Waals surface area contributed by atoms with Crippen LogP contribution in [0.15, 0.2) is 16.7 Å². The molecule has 4 N–H and O–H groups in total. The Labute approximate surface area is 143 Å².